The molecule has 0 spiro atoms. The molecule has 1 saturated carbocycles. The minimum absolute atomic E-state index is 0.330. The standard InChI is InChI=1S/C16H21N5OS/c17-15(22)12-5-18-21(6-12)14-8-20(9-14)7-13-10-23-16(19-13)11-3-1-2-4-11/h5-6,10-11,14H,1-4,7-9H2,(H2,17,22). The van der Waals surface area contributed by atoms with Crippen LogP contribution in [0.3, 0.4) is 0 Å². The summed E-state index contributed by atoms with van der Waals surface area (Å²) in [5.41, 5.74) is 6.93. The zero-order valence-electron chi connectivity index (χ0n) is 13.0. The summed E-state index contributed by atoms with van der Waals surface area (Å²) in [5, 5.41) is 7.77. The molecule has 1 amide bonds. The molecule has 2 fully saturated rings. The van der Waals surface area contributed by atoms with Crippen molar-refractivity contribution in [3.8, 4) is 0 Å². The van der Waals surface area contributed by atoms with Crippen molar-refractivity contribution in [2.24, 2.45) is 5.73 Å². The second-order valence-corrected chi connectivity index (χ2v) is 7.47. The summed E-state index contributed by atoms with van der Waals surface area (Å²) in [6.07, 6.45) is 8.60. The minimum atomic E-state index is -0.422. The molecule has 1 saturated heterocycles. The van der Waals surface area contributed by atoms with Crippen LogP contribution in [-0.2, 0) is 6.54 Å². The van der Waals surface area contributed by atoms with Crippen molar-refractivity contribution in [3.63, 3.8) is 0 Å². The largest absolute Gasteiger partial charge is 0.366 e. The van der Waals surface area contributed by atoms with E-state index in [2.05, 4.69) is 15.4 Å². The number of carbonyl (C=O) groups excluding carboxylic acids is 1. The average molecular weight is 331 g/mol. The zero-order chi connectivity index (χ0) is 15.8. The number of rotatable bonds is 5. The quantitative estimate of drug-likeness (QED) is 0.911. The normalized spacial score (nSPS) is 20.0. The van der Waals surface area contributed by atoms with Gasteiger partial charge in [0.2, 0.25) is 0 Å². The van der Waals surface area contributed by atoms with Gasteiger partial charge in [0.25, 0.3) is 5.91 Å². The molecule has 2 aromatic rings. The lowest BCUT2D eigenvalue weighted by molar-refractivity contribution is 0.0894. The molecule has 6 nitrogen and oxygen atoms in total. The average Bonchev–Trinajstić information content (AvgIpc) is 3.21. The van der Waals surface area contributed by atoms with E-state index in [-0.39, 0.29) is 0 Å². The van der Waals surface area contributed by atoms with Gasteiger partial charge in [-0.25, -0.2) is 4.98 Å². The third kappa shape index (κ3) is 3.03. The summed E-state index contributed by atoms with van der Waals surface area (Å²) in [6.45, 7) is 2.79. The van der Waals surface area contributed by atoms with Crippen molar-refractivity contribution < 1.29 is 4.79 Å². The van der Waals surface area contributed by atoms with Gasteiger partial charge in [0, 0.05) is 37.1 Å². The van der Waals surface area contributed by atoms with E-state index in [4.69, 9.17) is 10.7 Å². The van der Waals surface area contributed by atoms with Gasteiger partial charge < -0.3 is 5.73 Å². The number of thiazole rings is 1. The SMILES string of the molecule is NC(=O)c1cnn(C2CN(Cc3csc(C4CCCC4)n3)C2)c1. The summed E-state index contributed by atoms with van der Waals surface area (Å²) in [6, 6.07) is 0.330. The maximum absolute atomic E-state index is 11.1. The Labute approximate surface area is 139 Å². The van der Waals surface area contributed by atoms with E-state index in [1.54, 1.807) is 12.4 Å². The van der Waals surface area contributed by atoms with E-state index in [1.807, 2.05) is 16.0 Å². The number of aromatic nitrogens is 3. The van der Waals surface area contributed by atoms with Gasteiger partial charge in [-0.05, 0) is 12.8 Å². The second kappa shape index (κ2) is 6.05. The van der Waals surface area contributed by atoms with Crippen LogP contribution >= 0.6 is 11.3 Å². The molecule has 2 aliphatic rings. The monoisotopic (exact) mass is 331 g/mol. The zero-order valence-corrected chi connectivity index (χ0v) is 13.8. The van der Waals surface area contributed by atoms with E-state index in [9.17, 15) is 4.79 Å². The Balaban J connectivity index is 1.31. The van der Waals surface area contributed by atoms with E-state index < -0.39 is 5.91 Å². The van der Waals surface area contributed by atoms with Gasteiger partial charge in [0.1, 0.15) is 0 Å². The molecule has 0 radical (unpaired) electrons. The smallest absolute Gasteiger partial charge is 0.251 e. The number of carbonyl (C=O) groups is 1. The van der Waals surface area contributed by atoms with Gasteiger partial charge in [0.15, 0.2) is 0 Å². The molecular formula is C16H21N5OS. The highest BCUT2D eigenvalue weighted by atomic mass is 32.1. The summed E-state index contributed by atoms with van der Waals surface area (Å²) >= 11 is 1.82. The second-order valence-electron chi connectivity index (χ2n) is 6.58. The molecule has 122 valence electrons. The Morgan fingerprint density at radius 2 is 2.13 bits per heavy atom. The van der Waals surface area contributed by atoms with Crippen molar-refractivity contribution in [3.05, 3.63) is 34.0 Å². The number of hydrogen-bond acceptors (Lipinski definition) is 5. The van der Waals surface area contributed by atoms with Gasteiger partial charge >= 0.3 is 0 Å². The third-order valence-corrected chi connectivity index (χ3v) is 5.91. The van der Waals surface area contributed by atoms with Crippen LogP contribution in [0.25, 0.3) is 0 Å². The van der Waals surface area contributed by atoms with Crippen LogP contribution in [0.1, 0.15) is 58.7 Å². The van der Waals surface area contributed by atoms with Crippen molar-refractivity contribution in [2.45, 2.75) is 44.2 Å². The third-order valence-electron chi connectivity index (χ3n) is 4.86. The summed E-state index contributed by atoms with van der Waals surface area (Å²) < 4.78 is 1.85. The first-order chi connectivity index (χ1) is 11.2. The van der Waals surface area contributed by atoms with Crippen molar-refractivity contribution in [1.29, 1.82) is 0 Å². The van der Waals surface area contributed by atoms with Gasteiger partial charge in [-0.15, -0.1) is 11.3 Å². The molecule has 23 heavy (non-hydrogen) atoms. The molecule has 3 heterocycles. The number of nitrogens with two attached hydrogens (primary N) is 1. The lowest BCUT2D eigenvalue weighted by Crippen LogP contribution is -2.47. The van der Waals surface area contributed by atoms with Crippen LogP contribution in [0.5, 0.6) is 0 Å². The fourth-order valence-corrected chi connectivity index (χ4v) is 4.47. The Morgan fingerprint density at radius 3 is 2.83 bits per heavy atom. The molecule has 1 aliphatic heterocycles. The number of likely N-dealkylation sites (tertiary alicyclic amines) is 1. The number of nitrogens with zero attached hydrogens (tertiary/aromatic N) is 4. The highest BCUT2D eigenvalue weighted by molar-refractivity contribution is 7.09. The highest BCUT2D eigenvalue weighted by Gasteiger charge is 2.30. The first-order valence-electron chi connectivity index (χ1n) is 8.19. The fraction of sp³-hybridized carbons (Fsp3) is 0.562. The van der Waals surface area contributed by atoms with Gasteiger partial charge in [-0.1, -0.05) is 12.8 Å². The molecular weight excluding hydrogens is 310 g/mol. The molecule has 0 atom stereocenters. The van der Waals surface area contributed by atoms with Crippen LogP contribution in [0.4, 0.5) is 0 Å². The topological polar surface area (TPSA) is 77.0 Å². The van der Waals surface area contributed by atoms with Gasteiger partial charge in [-0.2, -0.15) is 5.10 Å². The van der Waals surface area contributed by atoms with Crippen LogP contribution in [0.15, 0.2) is 17.8 Å². The minimum Gasteiger partial charge on any atom is -0.366 e. The molecule has 0 aromatic carbocycles. The Bertz CT molecular complexity index is 697. The fourth-order valence-electron chi connectivity index (χ4n) is 3.49. The number of hydrogen-bond donors (Lipinski definition) is 1. The Hall–Kier alpha value is -1.73. The predicted molar refractivity (Wildman–Crippen MR) is 88.4 cm³/mol. The molecule has 0 bridgehead atoms. The lowest BCUT2D eigenvalue weighted by Gasteiger charge is -2.38. The van der Waals surface area contributed by atoms with E-state index in [0.717, 1.165) is 19.6 Å². The van der Waals surface area contributed by atoms with Crippen molar-refractivity contribution >= 4 is 17.2 Å². The summed E-state index contributed by atoms with van der Waals surface area (Å²) in [4.78, 5) is 18.3. The Morgan fingerprint density at radius 1 is 1.35 bits per heavy atom. The molecule has 2 N–H and O–H groups in total. The lowest BCUT2D eigenvalue weighted by atomic mass is 10.1. The highest BCUT2D eigenvalue weighted by Crippen LogP contribution is 2.36. The first-order valence-corrected chi connectivity index (χ1v) is 9.07. The molecule has 0 unspecified atom stereocenters. The molecule has 7 heteroatoms. The van der Waals surface area contributed by atoms with Crippen LogP contribution in [0, 0.1) is 0 Å². The van der Waals surface area contributed by atoms with Gasteiger partial charge in [-0.3, -0.25) is 14.4 Å². The molecule has 2 aromatic heterocycles. The summed E-state index contributed by atoms with van der Waals surface area (Å²) in [5.74, 6) is 0.281. The Kier molecular flexibility index (Phi) is 3.90. The van der Waals surface area contributed by atoms with Crippen LogP contribution in [-0.4, -0.2) is 38.7 Å². The summed E-state index contributed by atoms with van der Waals surface area (Å²) in [7, 11) is 0. The van der Waals surface area contributed by atoms with Crippen molar-refractivity contribution in [1.82, 2.24) is 19.7 Å². The number of primary amides is 1. The van der Waals surface area contributed by atoms with Crippen LogP contribution in [0.2, 0.25) is 0 Å². The molecule has 4 rings (SSSR count). The number of amides is 1. The first kappa shape index (κ1) is 14.8. The van der Waals surface area contributed by atoms with Crippen molar-refractivity contribution in [2.75, 3.05) is 13.1 Å². The maximum atomic E-state index is 11.1. The maximum Gasteiger partial charge on any atom is 0.251 e. The van der Waals surface area contributed by atoms with E-state index in [1.165, 1.54) is 36.4 Å². The predicted octanol–water partition coefficient (Wildman–Crippen LogP) is 2.15. The van der Waals surface area contributed by atoms with E-state index in [0.29, 0.717) is 17.5 Å². The molecule has 1 aliphatic carbocycles. The van der Waals surface area contributed by atoms with Gasteiger partial charge in [0.05, 0.1) is 28.5 Å². The van der Waals surface area contributed by atoms with E-state index >= 15 is 0 Å². The van der Waals surface area contributed by atoms with Crippen LogP contribution < -0.4 is 5.73 Å².